The largest absolute Gasteiger partial charge is 0.416 e. The molecule has 2 aliphatic rings. The van der Waals surface area contributed by atoms with Gasteiger partial charge in [-0.3, -0.25) is 0 Å². The van der Waals surface area contributed by atoms with E-state index in [0.29, 0.717) is 12.0 Å². The summed E-state index contributed by atoms with van der Waals surface area (Å²) in [5.74, 6) is 0.401. The lowest BCUT2D eigenvalue weighted by Crippen LogP contribution is -2.35. The third-order valence-corrected chi connectivity index (χ3v) is 4.99. The maximum atomic E-state index is 12.6. The molecule has 3 atom stereocenters. The van der Waals surface area contributed by atoms with E-state index in [-0.39, 0.29) is 11.5 Å². The van der Waals surface area contributed by atoms with Crippen molar-refractivity contribution in [3.8, 4) is 0 Å². The molecule has 3 rings (SSSR count). The second-order valence-electron chi connectivity index (χ2n) is 6.51. The van der Waals surface area contributed by atoms with Gasteiger partial charge in [0.25, 0.3) is 0 Å². The minimum atomic E-state index is -4.27. The summed E-state index contributed by atoms with van der Waals surface area (Å²) >= 11 is 0. The van der Waals surface area contributed by atoms with E-state index >= 15 is 0 Å². The molecule has 2 bridgehead atoms. The maximum absolute atomic E-state index is 12.6. The van der Waals surface area contributed by atoms with Crippen LogP contribution in [0.4, 0.5) is 13.2 Å². The second kappa shape index (κ2) is 4.48. The van der Waals surface area contributed by atoms with Crippen molar-refractivity contribution in [2.75, 3.05) is 0 Å². The number of hydrogen-bond acceptors (Lipinski definition) is 1. The Balaban J connectivity index is 1.84. The van der Waals surface area contributed by atoms with Crippen LogP contribution < -0.4 is 0 Å². The Morgan fingerprint density at radius 3 is 2.05 bits per heavy atom. The van der Waals surface area contributed by atoms with E-state index in [9.17, 15) is 13.2 Å². The molecular formula is C16H19F3O. The van der Waals surface area contributed by atoms with Gasteiger partial charge in [-0.2, -0.15) is 13.2 Å². The molecule has 0 N–H and O–H groups in total. The van der Waals surface area contributed by atoms with Gasteiger partial charge >= 0.3 is 6.18 Å². The molecule has 0 radical (unpaired) electrons. The molecule has 2 fully saturated rings. The van der Waals surface area contributed by atoms with E-state index in [2.05, 4.69) is 13.8 Å². The quantitative estimate of drug-likeness (QED) is 0.774. The van der Waals surface area contributed by atoms with Gasteiger partial charge in [0.1, 0.15) is 0 Å². The van der Waals surface area contributed by atoms with Gasteiger partial charge in [-0.25, -0.2) is 0 Å². The molecule has 20 heavy (non-hydrogen) atoms. The fourth-order valence-corrected chi connectivity index (χ4v) is 3.70. The zero-order chi connectivity index (χ0) is 14.5. The lowest BCUT2D eigenvalue weighted by molar-refractivity contribution is -0.137. The van der Waals surface area contributed by atoms with Gasteiger partial charge in [0.15, 0.2) is 0 Å². The Morgan fingerprint density at radius 2 is 1.60 bits per heavy atom. The fourth-order valence-electron chi connectivity index (χ4n) is 3.70. The molecule has 1 aromatic carbocycles. The van der Waals surface area contributed by atoms with E-state index in [1.165, 1.54) is 12.1 Å². The van der Waals surface area contributed by atoms with Crippen molar-refractivity contribution < 1.29 is 17.9 Å². The number of alkyl halides is 3. The standard InChI is InChI=1S/C16H19F3O/c1-15(2,13-9-12-7-8-14(13)20-12)10-3-5-11(6-4-10)16(17,18)19/h3-6,12-14H,7-9H2,1-2H3. The molecule has 0 spiro atoms. The Bertz CT molecular complexity index is 489. The van der Waals surface area contributed by atoms with Crippen LogP contribution in [-0.2, 0) is 16.3 Å². The highest BCUT2D eigenvalue weighted by Gasteiger charge is 2.48. The van der Waals surface area contributed by atoms with Crippen LogP contribution in [-0.4, -0.2) is 12.2 Å². The average molecular weight is 284 g/mol. The van der Waals surface area contributed by atoms with Crippen molar-refractivity contribution in [1.29, 1.82) is 0 Å². The van der Waals surface area contributed by atoms with Gasteiger partial charge in [0, 0.05) is 0 Å². The summed E-state index contributed by atoms with van der Waals surface area (Å²) in [5, 5.41) is 0. The number of halogens is 3. The molecule has 0 aliphatic carbocycles. The summed E-state index contributed by atoms with van der Waals surface area (Å²) < 4.78 is 43.7. The highest BCUT2D eigenvalue weighted by atomic mass is 19.4. The third kappa shape index (κ3) is 2.24. The van der Waals surface area contributed by atoms with Gasteiger partial charge in [0.2, 0.25) is 0 Å². The zero-order valence-corrected chi connectivity index (χ0v) is 11.7. The van der Waals surface area contributed by atoms with Crippen molar-refractivity contribution >= 4 is 0 Å². The Kier molecular flexibility index (Phi) is 3.12. The minimum Gasteiger partial charge on any atom is -0.375 e. The van der Waals surface area contributed by atoms with E-state index in [1.54, 1.807) is 12.1 Å². The van der Waals surface area contributed by atoms with Gasteiger partial charge < -0.3 is 4.74 Å². The molecule has 1 aromatic rings. The van der Waals surface area contributed by atoms with Crippen LogP contribution in [0.15, 0.2) is 24.3 Å². The first kappa shape index (κ1) is 13.9. The molecule has 0 aromatic heterocycles. The number of rotatable bonds is 2. The van der Waals surface area contributed by atoms with E-state index in [4.69, 9.17) is 4.74 Å². The summed E-state index contributed by atoms with van der Waals surface area (Å²) in [6.45, 7) is 4.23. The molecule has 2 heterocycles. The summed E-state index contributed by atoms with van der Waals surface area (Å²) in [6.07, 6.45) is -0.392. The molecule has 3 unspecified atom stereocenters. The van der Waals surface area contributed by atoms with Crippen molar-refractivity contribution in [2.24, 2.45) is 5.92 Å². The van der Waals surface area contributed by atoms with Gasteiger partial charge in [-0.05, 0) is 48.3 Å². The summed E-state index contributed by atoms with van der Waals surface area (Å²) in [4.78, 5) is 0. The van der Waals surface area contributed by atoms with Crippen molar-refractivity contribution in [3.05, 3.63) is 35.4 Å². The molecule has 0 amide bonds. The minimum absolute atomic E-state index is 0.149. The second-order valence-corrected chi connectivity index (χ2v) is 6.51. The zero-order valence-electron chi connectivity index (χ0n) is 11.7. The van der Waals surface area contributed by atoms with Gasteiger partial charge in [-0.15, -0.1) is 0 Å². The van der Waals surface area contributed by atoms with Crippen LogP contribution in [0.25, 0.3) is 0 Å². The smallest absolute Gasteiger partial charge is 0.375 e. The molecule has 2 aliphatic heterocycles. The normalized spacial score (nSPS) is 29.9. The van der Waals surface area contributed by atoms with Gasteiger partial charge in [-0.1, -0.05) is 26.0 Å². The van der Waals surface area contributed by atoms with Crippen molar-refractivity contribution in [1.82, 2.24) is 0 Å². The average Bonchev–Trinajstić information content (AvgIpc) is 3.00. The third-order valence-electron chi connectivity index (χ3n) is 4.99. The van der Waals surface area contributed by atoms with E-state index < -0.39 is 11.7 Å². The lowest BCUT2D eigenvalue weighted by atomic mass is 9.67. The highest BCUT2D eigenvalue weighted by Crippen LogP contribution is 2.48. The van der Waals surface area contributed by atoms with Crippen LogP contribution in [0, 0.1) is 5.92 Å². The van der Waals surface area contributed by atoms with Crippen molar-refractivity contribution in [3.63, 3.8) is 0 Å². The number of ether oxygens (including phenoxy) is 1. The first-order valence-electron chi connectivity index (χ1n) is 7.11. The monoisotopic (exact) mass is 284 g/mol. The predicted octanol–water partition coefficient (Wildman–Crippen LogP) is 4.55. The van der Waals surface area contributed by atoms with Crippen LogP contribution in [0.3, 0.4) is 0 Å². The highest BCUT2D eigenvalue weighted by molar-refractivity contribution is 5.31. The van der Waals surface area contributed by atoms with Crippen LogP contribution in [0.1, 0.15) is 44.2 Å². The molecular weight excluding hydrogens is 265 g/mol. The summed E-state index contributed by atoms with van der Waals surface area (Å²) in [5.41, 5.74) is 0.233. The van der Waals surface area contributed by atoms with Crippen LogP contribution in [0.5, 0.6) is 0 Å². The number of fused-ring (bicyclic) bond motifs is 2. The number of hydrogen-bond donors (Lipinski definition) is 0. The van der Waals surface area contributed by atoms with E-state index in [0.717, 1.165) is 24.8 Å². The molecule has 0 saturated carbocycles. The molecule has 1 nitrogen and oxygen atoms in total. The lowest BCUT2D eigenvalue weighted by Gasteiger charge is -2.36. The molecule has 4 heteroatoms. The Hall–Kier alpha value is -1.03. The SMILES string of the molecule is CC(C)(c1ccc(C(F)(F)F)cc1)C1CC2CCC1O2. The van der Waals surface area contributed by atoms with Crippen LogP contribution >= 0.6 is 0 Å². The maximum Gasteiger partial charge on any atom is 0.416 e. The van der Waals surface area contributed by atoms with Gasteiger partial charge in [0.05, 0.1) is 17.8 Å². The molecule has 2 saturated heterocycles. The topological polar surface area (TPSA) is 9.23 Å². The molecule has 110 valence electrons. The Morgan fingerprint density at radius 1 is 1.00 bits per heavy atom. The van der Waals surface area contributed by atoms with Crippen LogP contribution in [0.2, 0.25) is 0 Å². The van der Waals surface area contributed by atoms with Crippen molar-refractivity contribution in [2.45, 2.75) is 56.9 Å². The number of benzene rings is 1. The summed E-state index contributed by atoms with van der Waals surface area (Å²) in [7, 11) is 0. The van der Waals surface area contributed by atoms with E-state index in [1.807, 2.05) is 0 Å². The first-order chi connectivity index (χ1) is 9.28. The fraction of sp³-hybridized carbons (Fsp3) is 0.625. The first-order valence-corrected chi connectivity index (χ1v) is 7.11. The summed E-state index contributed by atoms with van der Waals surface area (Å²) in [6, 6.07) is 5.61. The predicted molar refractivity (Wildman–Crippen MR) is 70.5 cm³/mol. The Labute approximate surface area is 117 Å².